The highest BCUT2D eigenvalue weighted by atomic mass is 16.1. The maximum atomic E-state index is 13.0. The third-order valence-electron chi connectivity index (χ3n) is 6.08. The highest BCUT2D eigenvalue weighted by Crippen LogP contribution is 2.29. The number of anilines is 2. The SMILES string of the molecule is CCN(CC)c1ccc(NC(=O)C2CCc3nc4ccc(C)cn4c3C2)c(C)c1. The van der Waals surface area contributed by atoms with Gasteiger partial charge in [-0.1, -0.05) is 6.07 Å². The molecule has 1 aliphatic rings. The second-order valence-electron chi connectivity index (χ2n) is 8.04. The van der Waals surface area contributed by atoms with Gasteiger partial charge in [0.25, 0.3) is 0 Å². The summed E-state index contributed by atoms with van der Waals surface area (Å²) < 4.78 is 2.16. The standard InChI is InChI=1S/C24H30N4O/c1-5-27(6-2)19-9-11-20(17(4)13-19)26-24(29)18-8-10-21-22(14-18)28-15-16(3)7-12-23(28)25-21/h7,9,11-13,15,18H,5-6,8,10,14H2,1-4H3,(H,26,29). The second kappa shape index (κ2) is 7.90. The number of hydrogen-bond donors (Lipinski definition) is 1. The molecule has 3 aromatic rings. The average Bonchev–Trinajstić information content (AvgIpc) is 3.08. The van der Waals surface area contributed by atoms with Gasteiger partial charge in [-0.15, -0.1) is 0 Å². The molecule has 5 heteroatoms. The van der Waals surface area contributed by atoms with Gasteiger partial charge in [0.05, 0.1) is 5.69 Å². The van der Waals surface area contributed by atoms with Crippen molar-refractivity contribution >= 4 is 22.9 Å². The van der Waals surface area contributed by atoms with Crippen molar-refractivity contribution < 1.29 is 4.79 Å². The number of nitrogens with one attached hydrogen (secondary N) is 1. The van der Waals surface area contributed by atoms with Gasteiger partial charge in [0, 0.05) is 48.7 Å². The number of benzene rings is 1. The molecule has 4 rings (SSSR count). The van der Waals surface area contributed by atoms with E-state index in [4.69, 9.17) is 4.98 Å². The lowest BCUT2D eigenvalue weighted by molar-refractivity contribution is -0.120. The van der Waals surface area contributed by atoms with E-state index in [9.17, 15) is 4.79 Å². The molecule has 0 saturated carbocycles. The van der Waals surface area contributed by atoms with Gasteiger partial charge in [0.2, 0.25) is 5.91 Å². The second-order valence-corrected chi connectivity index (χ2v) is 8.04. The maximum Gasteiger partial charge on any atom is 0.227 e. The van der Waals surface area contributed by atoms with Crippen LogP contribution in [0.2, 0.25) is 0 Å². The third-order valence-corrected chi connectivity index (χ3v) is 6.08. The first kappa shape index (κ1) is 19.5. The van der Waals surface area contributed by atoms with Gasteiger partial charge in [-0.3, -0.25) is 4.79 Å². The summed E-state index contributed by atoms with van der Waals surface area (Å²) in [5.74, 6) is 0.0849. The number of aryl methyl sites for hydroxylation is 3. The summed E-state index contributed by atoms with van der Waals surface area (Å²) in [6, 6.07) is 10.4. The molecule has 0 saturated heterocycles. The van der Waals surface area contributed by atoms with Crippen LogP contribution in [0.3, 0.4) is 0 Å². The molecular formula is C24H30N4O. The lowest BCUT2D eigenvalue weighted by Gasteiger charge is -2.24. The van der Waals surface area contributed by atoms with E-state index in [-0.39, 0.29) is 11.8 Å². The van der Waals surface area contributed by atoms with Crippen molar-refractivity contribution in [1.29, 1.82) is 0 Å². The molecule has 0 radical (unpaired) electrons. The van der Waals surface area contributed by atoms with Crippen LogP contribution < -0.4 is 10.2 Å². The Balaban J connectivity index is 1.51. The largest absolute Gasteiger partial charge is 0.372 e. The topological polar surface area (TPSA) is 49.6 Å². The Labute approximate surface area is 172 Å². The number of carbonyl (C=O) groups excluding carboxylic acids is 1. The van der Waals surface area contributed by atoms with Crippen LogP contribution >= 0.6 is 0 Å². The molecule has 1 unspecified atom stereocenters. The number of pyridine rings is 1. The first-order chi connectivity index (χ1) is 14.0. The van der Waals surface area contributed by atoms with E-state index < -0.39 is 0 Å². The molecule has 29 heavy (non-hydrogen) atoms. The van der Waals surface area contributed by atoms with E-state index in [1.54, 1.807) is 0 Å². The summed E-state index contributed by atoms with van der Waals surface area (Å²) in [5, 5.41) is 3.18. The van der Waals surface area contributed by atoms with Gasteiger partial charge in [-0.2, -0.15) is 0 Å². The van der Waals surface area contributed by atoms with Crippen molar-refractivity contribution in [3.05, 3.63) is 59.0 Å². The van der Waals surface area contributed by atoms with Crippen molar-refractivity contribution in [3.63, 3.8) is 0 Å². The Morgan fingerprint density at radius 3 is 2.72 bits per heavy atom. The van der Waals surface area contributed by atoms with E-state index in [1.807, 2.05) is 6.07 Å². The van der Waals surface area contributed by atoms with Crippen molar-refractivity contribution in [2.45, 2.75) is 47.0 Å². The zero-order valence-corrected chi connectivity index (χ0v) is 17.8. The number of rotatable bonds is 5. The molecular weight excluding hydrogens is 360 g/mol. The van der Waals surface area contributed by atoms with Gasteiger partial charge in [0.1, 0.15) is 5.65 Å². The number of nitrogens with zero attached hydrogens (tertiary/aromatic N) is 3. The first-order valence-electron chi connectivity index (χ1n) is 10.6. The van der Waals surface area contributed by atoms with Crippen molar-refractivity contribution in [3.8, 4) is 0 Å². The smallest absolute Gasteiger partial charge is 0.227 e. The molecule has 0 fully saturated rings. The number of hydrogen-bond acceptors (Lipinski definition) is 3. The quantitative estimate of drug-likeness (QED) is 0.696. The average molecular weight is 391 g/mol. The van der Waals surface area contributed by atoms with Crippen LogP contribution in [0.15, 0.2) is 36.5 Å². The lowest BCUT2D eigenvalue weighted by atomic mass is 9.89. The molecule has 1 aromatic carbocycles. The molecule has 0 spiro atoms. The number of amides is 1. The highest BCUT2D eigenvalue weighted by molar-refractivity contribution is 5.93. The van der Waals surface area contributed by atoms with Crippen LogP contribution in [0.5, 0.6) is 0 Å². The van der Waals surface area contributed by atoms with Crippen LogP contribution in [0.25, 0.3) is 5.65 Å². The monoisotopic (exact) mass is 390 g/mol. The van der Waals surface area contributed by atoms with Gasteiger partial charge in [0.15, 0.2) is 0 Å². The molecule has 1 atom stereocenters. The predicted molar refractivity (Wildman–Crippen MR) is 119 cm³/mol. The van der Waals surface area contributed by atoms with Crippen LogP contribution in [-0.4, -0.2) is 28.4 Å². The minimum atomic E-state index is -0.0234. The van der Waals surface area contributed by atoms with E-state index >= 15 is 0 Å². The number of fused-ring (bicyclic) bond motifs is 3. The minimum absolute atomic E-state index is 0.0234. The number of imidazole rings is 1. The minimum Gasteiger partial charge on any atom is -0.372 e. The van der Waals surface area contributed by atoms with E-state index in [0.717, 1.165) is 54.9 Å². The van der Waals surface area contributed by atoms with E-state index in [0.29, 0.717) is 0 Å². The fraction of sp³-hybridized carbons (Fsp3) is 0.417. The van der Waals surface area contributed by atoms with Crippen molar-refractivity contribution in [2.24, 2.45) is 5.92 Å². The van der Waals surface area contributed by atoms with Gasteiger partial charge < -0.3 is 14.6 Å². The fourth-order valence-corrected chi connectivity index (χ4v) is 4.34. The van der Waals surface area contributed by atoms with Crippen molar-refractivity contribution in [2.75, 3.05) is 23.3 Å². The summed E-state index contributed by atoms with van der Waals surface area (Å²) in [4.78, 5) is 20.1. The Kier molecular flexibility index (Phi) is 5.31. The lowest BCUT2D eigenvalue weighted by Crippen LogP contribution is -2.29. The molecule has 2 aromatic heterocycles. The summed E-state index contributed by atoms with van der Waals surface area (Å²) in [6.45, 7) is 10.4. The molecule has 0 bridgehead atoms. The first-order valence-corrected chi connectivity index (χ1v) is 10.6. The molecule has 1 amide bonds. The Hall–Kier alpha value is -2.82. The Morgan fingerprint density at radius 1 is 1.21 bits per heavy atom. The Bertz CT molecular complexity index is 1050. The zero-order valence-electron chi connectivity index (χ0n) is 17.8. The number of carbonyl (C=O) groups is 1. The normalized spacial score (nSPS) is 15.9. The van der Waals surface area contributed by atoms with Gasteiger partial charge in [-0.25, -0.2) is 4.98 Å². The predicted octanol–water partition coefficient (Wildman–Crippen LogP) is 4.54. The summed E-state index contributed by atoms with van der Waals surface area (Å²) in [7, 11) is 0. The summed E-state index contributed by atoms with van der Waals surface area (Å²) in [5.41, 5.74) is 7.71. The number of aromatic nitrogens is 2. The third kappa shape index (κ3) is 3.74. The summed E-state index contributed by atoms with van der Waals surface area (Å²) in [6.07, 6.45) is 4.56. The molecule has 1 aliphatic carbocycles. The Morgan fingerprint density at radius 2 is 2.00 bits per heavy atom. The fourth-order valence-electron chi connectivity index (χ4n) is 4.34. The van der Waals surface area contributed by atoms with Crippen molar-refractivity contribution in [1.82, 2.24) is 9.38 Å². The zero-order chi connectivity index (χ0) is 20.5. The molecule has 2 heterocycles. The highest BCUT2D eigenvalue weighted by Gasteiger charge is 2.28. The molecule has 0 aliphatic heterocycles. The van der Waals surface area contributed by atoms with Crippen LogP contribution in [0.1, 0.15) is 42.8 Å². The van der Waals surface area contributed by atoms with E-state index in [1.165, 1.54) is 16.9 Å². The van der Waals surface area contributed by atoms with Crippen LogP contribution in [-0.2, 0) is 17.6 Å². The van der Waals surface area contributed by atoms with Gasteiger partial charge >= 0.3 is 0 Å². The molecule has 1 N–H and O–H groups in total. The van der Waals surface area contributed by atoms with Crippen LogP contribution in [0.4, 0.5) is 11.4 Å². The summed E-state index contributed by atoms with van der Waals surface area (Å²) >= 11 is 0. The van der Waals surface area contributed by atoms with E-state index in [2.05, 4.69) is 72.8 Å². The molecule has 5 nitrogen and oxygen atoms in total. The maximum absolute atomic E-state index is 13.0. The van der Waals surface area contributed by atoms with Gasteiger partial charge in [-0.05, 0) is 75.9 Å². The van der Waals surface area contributed by atoms with Crippen LogP contribution in [0, 0.1) is 19.8 Å². The molecule has 152 valence electrons.